The van der Waals surface area contributed by atoms with Gasteiger partial charge in [-0.2, -0.15) is 5.26 Å². The highest BCUT2D eigenvalue weighted by atomic mass is 16.1. The highest BCUT2D eigenvalue weighted by Crippen LogP contribution is 2.20. The topological polar surface area (TPSA) is 40.9 Å². The van der Waals surface area contributed by atoms with Crippen LogP contribution in [0.5, 0.6) is 0 Å². The molecule has 0 N–H and O–H groups in total. The molecular formula is C13H9NO. The molecule has 15 heavy (non-hydrogen) atoms. The summed E-state index contributed by atoms with van der Waals surface area (Å²) >= 11 is 0. The minimum absolute atomic E-state index is 0.658. The van der Waals surface area contributed by atoms with Gasteiger partial charge in [0.15, 0.2) is 0 Å². The number of carbonyl (C=O) groups excluding carboxylic acids is 1. The molecule has 2 nitrogen and oxygen atoms in total. The first-order valence-electron chi connectivity index (χ1n) is 4.69. The fourth-order valence-corrected chi connectivity index (χ4v) is 1.58. The smallest absolute Gasteiger partial charge is 0.141 e. The summed E-state index contributed by atoms with van der Waals surface area (Å²) < 4.78 is 0. The van der Waals surface area contributed by atoms with Crippen molar-refractivity contribution in [1.82, 2.24) is 0 Å². The molecule has 0 fully saturated rings. The minimum atomic E-state index is -0.658. The minimum Gasteiger partial charge on any atom is -0.302 e. The van der Waals surface area contributed by atoms with Gasteiger partial charge in [0.1, 0.15) is 12.2 Å². The Labute approximate surface area is 87.8 Å². The molecule has 1 atom stereocenters. The van der Waals surface area contributed by atoms with Gasteiger partial charge < -0.3 is 4.79 Å². The van der Waals surface area contributed by atoms with E-state index in [1.807, 2.05) is 48.5 Å². The van der Waals surface area contributed by atoms with E-state index in [0.29, 0.717) is 6.29 Å². The molecule has 2 aromatic rings. The van der Waals surface area contributed by atoms with Crippen LogP contribution in [0.25, 0.3) is 10.8 Å². The fourth-order valence-electron chi connectivity index (χ4n) is 1.58. The van der Waals surface area contributed by atoms with E-state index >= 15 is 0 Å². The predicted molar refractivity (Wildman–Crippen MR) is 58.4 cm³/mol. The number of fused-ring (bicyclic) bond motifs is 1. The number of hydrogen-bond donors (Lipinski definition) is 0. The van der Waals surface area contributed by atoms with Crippen molar-refractivity contribution in [3.8, 4) is 6.07 Å². The molecule has 0 amide bonds. The second kappa shape index (κ2) is 3.93. The molecule has 2 heteroatoms. The van der Waals surface area contributed by atoms with Gasteiger partial charge in [-0.1, -0.05) is 36.4 Å². The van der Waals surface area contributed by atoms with E-state index < -0.39 is 5.92 Å². The average molecular weight is 195 g/mol. The van der Waals surface area contributed by atoms with E-state index in [9.17, 15) is 4.79 Å². The maximum absolute atomic E-state index is 10.7. The van der Waals surface area contributed by atoms with Gasteiger partial charge in [0.05, 0.1) is 6.07 Å². The van der Waals surface area contributed by atoms with Gasteiger partial charge in [-0.25, -0.2) is 0 Å². The third-order valence-corrected chi connectivity index (χ3v) is 2.41. The number of benzene rings is 2. The van der Waals surface area contributed by atoms with Crippen molar-refractivity contribution < 1.29 is 4.79 Å². The third kappa shape index (κ3) is 1.72. The Morgan fingerprint density at radius 3 is 2.53 bits per heavy atom. The van der Waals surface area contributed by atoms with Crippen LogP contribution in [-0.2, 0) is 4.79 Å². The van der Waals surface area contributed by atoms with Gasteiger partial charge in [-0.15, -0.1) is 0 Å². The summed E-state index contributed by atoms with van der Waals surface area (Å²) in [6.07, 6.45) is 0.671. The van der Waals surface area contributed by atoms with Crippen molar-refractivity contribution in [2.75, 3.05) is 0 Å². The van der Waals surface area contributed by atoms with E-state index in [0.717, 1.165) is 16.3 Å². The quantitative estimate of drug-likeness (QED) is 0.691. The lowest BCUT2D eigenvalue weighted by Crippen LogP contribution is -1.96. The van der Waals surface area contributed by atoms with Crippen molar-refractivity contribution in [2.45, 2.75) is 5.92 Å². The number of nitrogens with zero attached hydrogens (tertiary/aromatic N) is 1. The summed E-state index contributed by atoms with van der Waals surface area (Å²) in [4.78, 5) is 10.7. The van der Waals surface area contributed by atoms with Crippen molar-refractivity contribution in [3.05, 3.63) is 48.0 Å². The average Bonchev–Trinajstić information content (AvgIpc) is 2.30. The van der Waals surface area contributed by atoms with Crippen LogP contribution in [0.1, 0.15) is 11.5 Å². The van der Waals surface area contributed by atoms with Crippen LogP contribution >= 0.6 is 0 Å². The molecule has 72 valence electrons. The Hall–Kier alpha value is -2.14. The third-order valence-electron chi connectivity index (χ3n) is 2.41. The van der Waals surface area contributed by atoms with Crippen LogP contribution in [0.3, 0.4) is 0 Å². The van der Waals surface area contributed by atoms with E-state index in [-0.39, 0.29) is 0 Å². The first-order valence-corrected chi connectivity index (χ1v) is 4.69. The van der Waals surface area contributed by atoms with Gasteiger partial charge in [0, 0.05) is 0 Å². The van der Waals surface area contributed by atoms with Crippen LogP contribution in [0.4, 0.5) is 0 Å². The Bertz CT molecular complexity index is 539. The second-order valence-electron chi connectivity index (χ2n) is 3.35. The number of rotatable bonds is 2. The molecule has 0 bridgehead atoms. The van der Waals surface area contributed by atoms with E-state index in [2.05, 4.69) is 0 Å². The molecule has 2 rings (SSSR count). The molecule has 0 saturated carbocycles. The first-order chi connectivity index (χ1) is 7.35. The molecule has 2 aromatic carbocycles. The lowest BCUT2D eigenvalue weighted by atomic mass is 9.99. The highest BCUT2D eigenvalue weighted by Gasteiger charge is 2.08. The van der Waals surface area contributed by atoms with Crippen LogP contribution in [0, 0.1) is 11.3 Å². The zero-order valence-electron chi connectivity index (χ0n) is 8.05. The van der Waals surface area contributed by atoms with E-state index in [1.54, 1.807) is 0 Å². The Balaban J connectivity index is 2.56. The molecule has 0 unspecified atom stereocenters. The standard InChI is InChI=1S/C13H9NO/c14-8-13(9-15)12-6-5-10-3-1-2-4-11(10)7-12/h1-7,9,13H/t13-/m1/s1. The number of aldehydes is 1. The lowest BCUT2D eigenvalue weighted by molar-refractivity contribution is -0.108. The van der Waals surface area contributed by atoms with Gasteiger partial charge in [-0.3, -0.25) is 0 Å². The van der Waals surface area contributed by atoms with Crippen LogP contribution in [-0.4, -0.2) is 6.29 Å². The summed E-state index contributed by atoms with van der Waals surface area (Å²) in [7, 11) is 0. The monoisotopic (exact) mass is 195 g/mol. The van der Waals surface area contributed by atoms with Gasteiger partial charge >= 0.3 is 0 Å². The second-order valence-corrected chi connectivity index (χ2v) is 3.35. The summed E-state index contributed by atoms with van der Waals surface area (Å²) in [5.74, 6) is -0.658. The molecule has 0 radical (unpaired) electrons. The van der Waals surface area contributed by atoms with Crippen LogP contribution < -0.4 is 0 Å². The lowest BCUT2D eigenvalue weighted by Gasteiger charge is -2.03. The fraction of sp³-hybridized carbons (Fsp3) is 0.0769. The molecule has 0 aliphatic rings. The van der Waals surface area contributed by atoms with Crippen molar-refractivity contribution in [2.24, 2.45) is 0 Å². The molecule has 0 aliphatic heterocycles. The Morgan fingerprint density at radius 1 is 1.13 bits per heavy atom. The zero-order chi connectivity index (χ0) is 10.7. The number of nitriles is 1. The Morgan fingerprint density at radius 2 is 1.87 bits per heavy atom. The molecule has 0 saturated heterocycles. The molecule has 0 aliphatic carbocycles. The summed E-state index contributed by atoms with van der Waals surface area (Å²) in [5.41, 5.74) is 0.756. The Kier molecular flexibility index (Phi) is 2.47. The number of hydrogen-bond acceptors (Lipinski definition) is 2. The first kappa shape index (κ1) is 9.42. The highest BCUT2D eigenvalue weighted by molar-refractivity contribution is 5.84. The summed E-state index contributed by atoms with van der Waals surface area (Å²) in [5, 5.41) is 10.9. The maximum atomic E-state index is 10.7. The largest absolute Gasteiger partial charge is 0.302 e. The predicted octanol–water partition coefficient (Wildman–Crippen LogP) is 2.65. The van der Waals surface area contributed by atoms with E-state index in [4.69, 9.17) is 5.26 Å². The summed E-state index contributed by atoms with van der Waals surface area (Å²) in [6.45, 7) is 0. The molecule has 0 aromatic heterocycles. The van der Waals surface area contributed by atoms with Crippen LogP contribution in [0.15, 0.2) is 42.5 Å². The van der Waals surface area contributed by atoms with E-state index in [1.165, 1.54) is 0 Å². The van der Waals surface area contributed by atoms with Crippen molar-refractivity contribution in [3.63, 3.8) is 0 Å². The molecule has 0 heterocycles. The molecular weight excluding hydrogens is 186 g/mol. The van der Waals surface area contributed by atoms with Crippen molar-refractivity contribution in [1.29, 1.82) is 5.26 Å². The summed E-state index contributed by atoms with van der Waals surface area (Å²) in [6, 6.07) is 15.5. The SMILES string of the molecule is N#C[C@H](C=O)c1ccc2ccccc2c1. The number of carbonyl (C=O) groups is 1. The zero-order valence-corrected chi connectivity index (χ0v) is 8.05. The van der Waals surface area contributed by atoms with Crippen LogP contribution in [0.2, 0.25) is 0 Å². The van der Waals surface area contributed by atoms with Gasteiger partial charge in [0.2, 0.25) is 0 Å². The van der Waals surface area contributed by atoms with Gasteiger partial charge in [-0.05, 0) is 22.4 Å². The van der Waals surface area contributed by atoms with Gasteiger partial charge in [0.25, 0.3) is 0 Å². The maximum Gasteiger partial charge on any atom is 0.141 e. The normalized spacial score (nSPS) is 11.9. The molecule has 0 spiro atoms. The van der Waals surface area contributed by atoms with Crippen molar-refractivity contribution >= 4 is 17.1 Å².